The van der Waals surface area contributed by atoms with Crippen LogP contribution in [0, 0.1) is 0 Å². The molecule has 6 nitrogen and oxygen atoms in total. The molecule has 0 bridgehead atoms. The van der Waals surface area contributed by atoms with Crippen molar-refractivity contribution in [2.75, 3.05) is 5.32 Å². The molecule has 0 fully saturated rings. The van der Waals surface area contributed by atoms with Crippen molar-refractivity contribution in [3.8, 4) is 5.88 Å². The van der Waals surface area contributed by atoms with Crippen LogP contribution in [-0.4, -0.2) is 16.9 Å². The molecule has 1 aromatic heterocycles. The van der Waals surface area contributed by atoms with Crippen molar-refractivity contribution in [2.45, 2.75) is 6.61 Å². The van der Waals surface area contributed by atoms with Gasteiger partial charge in [0, 0.05) is 21.7 Å². The number of benzene rings is 2. The van der Waals surface area contributed by atoms with Gasteiger partial charge in [-0.1, -0.05) is 58.5 Å². The Hall–Kier alpha value is -2.51. The molecule has 0 aliphatic carbocycles. The van der Waals surface area contributed by atoms with E-state index in [1.54, 1.807) is 36.4 Å². The summed E-state index contributed by atoms with van der Waals surface area (Å²) >= 11 is 23.9. The number of hydrogen-bond acceptors (Lipinski definition) is 4. The second kappa shape index (κ2) is 10.00. The molecule has 1 heterocycles. The van der Waals surface area contributed by atoms with Crippen LogP contribution in [0.1, 0.15) is 15.9 Å². The Morgan fingerprint density at radius 2 is 1.67 bits per heavy atom. The first-order valence-electron chi connectivity index (χ1n) is 8.42. The molecule has 10 heteroatoms. The number of carbonyl (C=O) groups excluding carboxylic acids is 2. The van der Waals surface area contributed by atoms with Gasteiger partial charge in [0.1, 0.15) is 6.61 Å². The Morgan fingerprint density at radius 3 is 2.30 bits per heavy atom. The monoisotopic (exact) mass is 483 g/mol. The highest BCUT2D eigenvalue weighted by Crippen LogP contribution is 2.24. The van der Waals surface area contributed by atoms with Crippen molar-refractivity contribution in [3.05, 3.63) is 85.9 Å². The van der Waals surface area contributed by atoms with Crippen LogP contribution in [0.4, 0.5) is 10.5 Å². The summed E-state index contributed by atoms with van der Waals surface area (Å²) in [6.07, 6.45) is 1.38. The van der Waals surface area contributed by atoms with E-state index in [9.17, 15) is 9.59 Å². The summed E-state index contributed by atoms with van der Waals surface area (Å²) in [6, 6.07) is 12.1. The van der Waals surface area contributed by atoms with E-state index in [0.717, 1.165) is 5.56 Å². The molecule has 3 amide bonds. The highest BCUT2D eigenvalue weighted by atomic mass is 35.5. The number of nitrogens with one attached hydrogen (secondary N) is 2. The predicted octanol–water partition coefficient (Wildman–Crippen LogP) is 6.24. The fourth-order valence-electron chi connectivity index (χ4n) is 2.37. The lowest BCUT2D eigenvalue weighted by Gasteiger charge is -2.10. The highest BCUT2D eigenvalue weighted by molar-refractivity contribution is 6.40. The molecule has 0 saturated heterocycles. The van der Waals surface area contributed by atoms with Crippen LogP contribution in [0.25, 0.3) is 0 Å². The lowest BCUT2D eigenvalue weighted by atomic mass is 10.2. The largest absolute Gasteiger partial charge is 0.473 e. The summed E-state index contributed by atoms with van der Waals surface area (Å²) in [7, 11) is 0. The zero-order chi connectivity index (χ0) is 21.7. The maximum Gasteiger partial charge on any atom is 0.326 e. The summed E-state index contributed by atoms with van der Waals surface area (Å²) in [5, 5.41) is 5.93. The minimum absolute atomic E-state index is 0.0127. The van der Waals surface area contributed by atoms with Gasteiger partial charge in [0.05, 0.1) is 27.5 Å². The molecule has 3 rings (SSSR count). The minimum Gasteiger partial charge on any atom is -0.473 e. The normalized spacial score (nSPS) is 10.4. The third-order valence-electron chi connectivity index (χ3n) is 3.80. The van der Waals surface area contributed by atoms with Crippen LogP contribution in [0.2, 0.25) is 20.1 Å². The van der Waals surface area contributed by atoms with Gasteiger partial charge in [-0.25, -0.2) is 9.78 Å². The molecule has 3 aromatic rings. The van der Waals surface area contributed by atoms with Crippen LogP contribution >= 0.6 is 46.4 Å². The lowest BCUT2D eigenvalue weighted by molar-refractivity contribution is 0.0967. The number of hydrogen-bond donors (Lipinski definition) is 2. The van der Waals surface area contributed by atoms with Crippen molar-refractivity contribution < 1.29 is 14.3 Å². The fourth-order valence-corrected chi connectivity index (χ4v) is 3.40. The molecule has 0 spiro atoms. The molecule has 154 valence electrons. The molecule has 0 aliphatic heterocycles. The van der Waals surface area contributed by atoms with E-state index >= 15 is 0 Å². The van der Waals surface area contributed by atoms with E-state index in [1.165, 1.54) is 18.3 Å². The third-order valence-corrected chi connectivity index (χ3v) is 5.02. The van der Waals surface area contributed by atoms with Crippen molar-refractivity contribution in [3.63, 3.8) is 0 Å². The number of imide groups is 1. The molecule has 0 saturated carbocycles. The van der Waals surface area contributed by atoms with Crippen LogP contribution in [-0.2, 0) is 6.61 Å². The summed E-state index contributed by atoms with van der Waals surface area (Å²) in [6.45, 7) is 0.198. The SMILES string of the molecule is O=C(NC(=O)c1c(Cl)cccc1Cl)Nc1ccc(OCc2ccc(Cl)cc2Cl)nc1. The summed E-state index contributed by atoms with van der Waals surface area (Å²) in [4.78, 5) is 28.4. The Balaban J connectivity index is 1.56. The number of anilines is 1. The fraction of sp³-hybridized carbons (Fsp3) is 0.0500. The Morgan fingerprint density at radius 1 is 0.933 bits per heavy atom. The van der Waals surface area contributed by atoms with E-state index in [1.807, 2.05) is 0 Å². The van der Waals surface area contributed by atoms with Gasteiger partial charge < -0.3 is 10.1 Å². The smallest absolute Gasteiger partial charge is 0.326 e. The van der Waals surface area contributed by atoms with Gasteiger partial charge in [-0.3, -0.25) is 10.1 Å². The Kier molecular flexibility index (Phi) is 7.39. The number of halogens is 4. The summed E-state index contributed by atoms with van der Waals surface area (Å²) < 4.78 is 5.57. The zero-order valence-corrected chi connectivity index (χ0v) is 18.1. The van der Waals surface area contributed by atoms with Gasteiger partial charge in [0.2, 0.25) is 5.88 Å². The van der Waals surface area contributed by atoms with Gasteiger partial charge in [-0.2, -0.15) is 0 Å². The molecule has 0 aliphatic rings. The highest BCUT2D eigenvalue weighted by Gasteiger charge is 2.17. The first-order chi connectivity index (χ1) is 14.3. The number of urea groups is 1. The first kappa shape index (κ1) is 22.2. The Bertz CT molecular complexity index is 1070. The van der Waals surface area contributed by atoms with Gasteiger partial charge in [0.15, 0.2) is 0 Å². The lowest BCUT2D eigenvalue weighted by Crippen LogP contribution is -2.34. The standard InChI is InChI=1S/C20H13Cl4N3O3/c21-12-5-4-11(16(24)8-12)10-30-17-7-6-13(9-25-17)26-20(29)27-19(28)18-14(22)2-1-3-15(18)23/h1-9H,10H2,(H2,26,27,28,29). The van der Waals surface area contributed by atoms with Crippen LogP contribution in [0.15, 0.2) is 54.7 Å². The number of aromatic nitrogens is 1. The molecule has 30 heavy (non-hydrogen) atoms. The second-order valence-electron chi connectivity index (χ2n) is 5.91. The van der Waals surface area contributed by atoms with Crippen molar-refractivity contribution >= 4 is 64.0 Å². The third kappa shape index (κ3) is 5.77. The quantitative estimate of drug-likeness (QED) is 0.449. The molecular formula is C20H13Cl4N3O3. The number of nitrogens with zero attached hydrogens (tertiary/aromatic N) is 1. The average molecular weight is 485 g/mol. The second-order valence-corrected chi connectivity index (χ2v) is 7.57. The molecule has 0 atom stereocenters. The number of ether oxygens (including phenoxy) is 1. The molecule has 2 N–H and O–H groups in total. The van der Waals surface area contributed by atoms with E-state index in [-0.39, 0.29) is 22.2 Å². The summed E-state index contributed by atoms with van der Waals surface area (Å²) in [5.41, 5.74) is 1.11. The average Bonchev–Trinajstić information content (AvgIpc) is 2.68. The number of rotatable bonds is 5. The van der Waals surface area contributed by atoms with E-state index in [2.05, 4.69) is 15.6 Å². The molecule has 0 unspecified atom stereocenters. The zero-order valence-electron chi connectivity index (χ0n) is 15.1. The maximum atomic E-state index is 12.2. The minimum atomic E-state index is -0.764. The molecule has 0 radical (unpaired) electrons. The van der Waals surface area contributed by atoms with Gasteiger partial charge in [-0.15, -0.1) is 0 Å². The van der Waals surface area contributed by atoms with Crippen LogP contribution in [0.5, 0.6) is 5.88 Å². The molecular weight excluding hydrogens is 472 g/mol. The van der Waals surface area contributed by atoms with Gasteiger partial charge in [-0.05, 0) is 30.3 Å². The number of carbonyl (C=O) groups is 2. The van der Waals surface area contributed by atoms with E-state index in [4.69, 9.17) is 51.1 Å². The van der Waals surface area contributed by atoms with Gasteiger partial charge >= 0.3 is 6.03 Å². The van der Waals surface area contributed by atoms with Gasteiger partial charge in [0.25, 0.3) is 5.91 Å². The van der Waals surface area contributed by atoms with Crippen molar-refractivity contribution in [2.24, 2.45) is 0 Å². The topological polar surface area (TPSA) is 80.3 Å². The molecule has 2 aromatic carbocycles. The maximum absolute atomic E-state index is 12.2. The van der Waals surface area contributed by atoms with E-state index in [0.29, 0.717) is 21.6 Å². The van der Waals surface area contributed by atoms with Crippen LogP contribution < -0.4 is 15.4 Å². The number of amides is 3. The van der Waals surface area contributed by atoms with E-state index < -0.39 is 11.9 Å². The Labute approximate surface area is 192 Å². The van der Waals surface area contributed by atoms with Crippen molar-refractivity contribution in [1.82, 2.24) is 10.3 Å². The first-order valence-corrected chi connectivity index (χ1v) is 9.94. The predicted molar refractivity (Wildman–Crippen MR) is 118 cm³/mol. The van der Waals surface area contributed by atoms with Crippen LogP contribution in [0.3, 0.4) is 0 Å². The van der Waals surface area contributed by atoms with Crippen molar-refractivity contribution in [1.29, 1.82) is 0 Å². The number of pyridine rings is 1. The summed E-state index contributed by atoms with van der Waals surface area (Å²) in [5.74, 6) is -0.401.